The second-order valence-corrected chi connectivity index (χ2v) is 5.57. The van der Waals surface area contributed by atoms with Crippen LogP contribution in [0, 0.1) is 5.92 Å². The second kappa shape index (κ2) is 6.10. The molecule has 1 aromatic carbocycles. The van der Waals surface area contributed by atoms with Crippen molar-refractivity contribution in [3.8, 4) is 11.4 Å². The summed E-state index contributed by atoms with van der Waals surface area (Å²) in [5.41, 5.74) is 1.02. The van der Waals surface area contributed by atoms with E-state index in [4.69, 9.17) is 4.74 Å². The van der Waals surface area contributed by atoms with Gasteiger partial charge in [-0.05, 0) is 34.0 Å². The number of halogens is 1. The molecule has 0 bridgehead atoms. The fraction of sp³-hybridized carbons (Fsp3) is 0.357. The van der Waals surface area contributed by atoms with Crippen LogP contribution in [0.2, 0.25) is 0 Å². The van der Waals surface area contributed by atoms with Crippen LogP contribution in [0.3, 0.4) is 0 Å². The van der Waals surface area contributed by atoms with Crippen LogP contribution in [0.5, 0.6) is 5.75 Å². The molecule has 19 heavy (non-hydrogen) atoms. The van der Waals surface area contributed by atoms with Gasteiger partial charge in [-0.25, -0.2) is 4.98 Å². The minimum atomic E-state index is 0.574. The van der Waals surface area contributed by atoms with Crippen molar-refractivity contribution in [1.29, 1.82) is 0 Å². The van der Waals surface area contributed by atoms with Crippen LogP contribution in [0.4, 0.5) is 5.95 Å². The molecular weight excluding hydrogens is 306 g/mol. The van der Waals surface area contributed by atoms with Crippen molar-refractivity contribution >= 4 is 21.9 Å². The molecule has 0 aliphatic heterocycles. The summed E-state index contributed by atoms with van der Waals surface area (Å²) in [6.45, 7) is 5.23. The first-order valence-electron chi connectivity index (χ1n) is 6.23. The van der Waals surface area contributed by atoms with Crippen LogP contribution >= 0.6 is 15.9 Å². The first-order valence-corrected chi connectivity index (χ1v) is 7.02. The van der Waals surface area contributed by atoms with Gasteiger partial charge in [0.15, 0.2) is 0 Å². The number of rotatable bonds is 5. The Bertz CT molecular complexity index is 551. The van der Waals surface area contributed by atoms with Gasteiger partial charge in [-0.3, -0.25) is 4.57 Å². The third kappa shape index (κ3) is 3.29. The lowest BCUT2D eigenvalue weighted by molar-refractivity contribution is 0.412. The fourth-order valence-electron chi connectivity index (χ4n) is 1.74. The average Bonchev–Trinajstić information content (AvgIpc) is 2.85. The second-order valence-electron chi connectivity index (χ2n) is 4.71. The van der Waals surface area contributed by atoms with E-state index < -0.39 is 0 Å². The molecule has 0 saturated carbocycles. The largest absolute Gasteiger partial charge is 0.495 e. The first kappa shape index (κ1) is 13.9. The smallest absolute Gasteiger partial charge is 0.207 e. The maximum Gasteiger partial charge on any atom is 0.207 e. The van der Waals surface area contributed by atoms with Crippen LogP contribution in [-0.4, -0.2) is 23.2 Å². The molecule has 0 atom stereocenters. The van der Waals surface area contributed by atoms with E-state index in [0.29, 0.717) is 5.92 Å². The summed E-state index contributed by atoms with van der Waals surface area (Å²) >= 11 is 3.46. The first-order chi connectivity index (χ1) is 9.11. The van der Waals surface area contributed by atoms with Gasteiger partial charge in [0.1, 0.15) is 5.75 Å². The molecule has 0 amide bonds. The molecule has 0 fully saturated rings. The van der Waals surface area contributed by atoms with Crippen molar-refractivity contribution in [1.82, 2.24) is 9.55 Å². The zero-order chi connectivity index (χ0) is 13.8. The maximum absolute atomic E-state index is 5.32. The minimum absolute atomic E-state index is 0.574. The molecule has 0 aliphatic carbocycles. The van der Waals surface area contributed by atoms with Gasteiger partial charge in [-0.2, -0.15) is 0 Å². The van der Waals surface area contributed by atoms with Crippen LogP contribution in [-0.2, 0) is 0 Å². The summed E-state index contributed by atoms with van der Waals surface area (Å²) in [5.74, 6) is 2.23. The van der Waals surface area contributed by atoms with Crippen LogP contribution in [0.1, 0.15) is 13.8 Å². The van der Waals surface area contributed by atoms with E-state index in [1.54, 1.807) is 13.3 Å². The molecule has 0 spiro atoms. The van der Waals surface area contributed by atoms with E-state index in [-0.39, 0.29) is 0 Å². The Hall–Kier alpha value is -1.49. The molecule has 5 heteroatoms. The van der Waals surface area contributed by atoms with Gasteiger partial charge >= 0.3 is 0 Å². The molecule has 4 nitrogen and oxygen atoms in total. The standard InChI is InChI=1S/C14H18BrN3O/c1-10(2)9-17-14-16-6-7-18(14)11-4-5-12(15)13(8-11)19-3/h4-8,10H,9H2,1-3H3,(H,16,17). The number of benzene rings is 1. The van der Waals surface area contributed by atoms with Gasteiger partial charge in [0.25, 0.3) is 0 Å². The number of methoxy groups -OCH3 is 1. The quantitative estimate of drug-likeness (QED) is 0.911. The Labute approximate surface area is 121 Å². The van der Waals surface area contributed by atoms with E-state index in [9.17, 15) is 0 Å². The molecule has 1 aromatic heterocycles. The summed E-state index contributed by atoms with van der Waals surface area (Å²) < 4.78 is 8.27. The molecule has 1 N–H and O–H groups in total. The van der Waals surface area contributed by atoms with E-state index in [1.807, 2.05) is 29.0 Å². The zero-order valence-electron chi connectivity index (χ0n) is 11.4. The maximum atomic E-state index is 5.32. The number of ether oxygens (including phenoxy) is 1. The van der Waals surface area contributed by atoms with Gasteiger partial charge in [-0.15, -0.1) is 0 Å². The highest BCUT2D eigenvalue weighted by Crippen LogP contribution is 2.28. The molecule has 0 aliphatic rings. The summed E-state index contributed by atoms with van der Waals surface area (Å²) in [5, 5.41) is 3.34. The fourth-order valence-corrected chi connectivity index (χ4v) is 2.14. The molecule has 0 saturated heterocycles. The van der Waals surface area contributed by atoms with Crippen molar-refractivity contribution in [2.75, 3.05) is 19.0 Å². The Morgan fingerprint density at radius 1 is 1.42 bits per heavy atom. The highest BCUT2D eigenvalue weighted by atomic mass is 79.9. The van der Waals surface area contributed by atoms with Crippen molar-refractivity contribution in [2.45, 2.75) is 13.8 Å². The van der Waals surface area contributed by atoms with Crippen molar-refractivity contribution in [3.05, 3.63) is 35.1 Å². The van der Waals surface area contributed by atoms with Crippen LogP contribution in [0.25, 0.3) is 5.69 Å². The minimum Gasteiger partial charge on any atom is -0.495 e. The third-order valence-electron chi connectivity index (χ3n) is 2.72. The predicted molar refractivity (Wildman–Crippen MR) is 81.1 cm³/mol. The van der Waals surface area contributed by atoms with E-state index in [1.165, 1.54) is 0 Å². The highest BCUT2D eigenvalue weighted by Gasteiger charge is 2.08. The van der Waals surface area contributed by atoms with Crippen LogP contribution < -0.4 is 10.1 Å². The number of hydrogen-bond acceptors (Lipinski definition) is 3. The van der Waals surface area contributed by atoms with Gasteiger partial charge < -0.3 is 10.1 Å². The highest BCUT2D eigenvalue weighted by molar-refractivity contribution is 9.10. The number of hydrogen-bond donors (Lipinski definition) is 1. The number of imidazole rings is 1. The third-order valence-corrected chi connectivity index (χ3v) is 3.38. The van der Waals surface area contributed by atoms with E-state index in [0.717, 1.165) is 28.4 Å². The molecule has 0 radical (unpaired) electrons. The van der Waals surface area contributed by atoms with Gasteiger partial charge in [-0.1, -0.05) is 13.8 Å². The summed E-state index contributed by atoms with van der Waals surface area (Å²) in [4.78, 5) is 4.34. The molecular formula is C14H18BrN3O. The van der Waals surface area contributed by atoms with Gasteiger partial charge in [0.2, 0.25) is 5.95 Å². The molecule has 2 aromatic rings. The predicted octanol–water partition coefficient (Wildman–Crippen LogP) is 3.71. The van der Waals surface area contributed by atoms with Gasteiger partial charge in [0.05, 0.1) is 17.3 Å². The van der Waals surface area contributed by atoms with Gasteiger partial charge in [0, 0.05) is 25.0 Å². The Balaban J connectivity index is 2.29. The molecule has 102 valence electrons. The monoisotopic (exact) mass is 323 g/mol. The number of nitrogens with zero attached hydrogens (tertiary/aromatic N) is 2. The summed E-state index contributed by atoms with van der Waals surface area (Å²) in [6.07, 6.45) is 3.72. The lowest BCUT2D eigenvalue weighted by atomic mass is 10.2. The Kier molecular flexibility index (Phi) is 4.47. The Morgan fingerprint density at radius 3 is 2.89 bits per heavy atom. The van der Waals surface area contributed by atoms with E-state index >= 15 is 0 Å². The number of nitrogens with one attached hydrogen (secondary N) is 1. The lowest BCUT2D eigenvalue weighted by Crippen LogP contribution is -2.12. The SMILES string of the molecule is COc1cc(-n2ccnc2NCC(C)C)ccc1Br. The van der Waals surface area contributed by atoms with Crippen molar-refractivity contribution in [3.63, 3.8) is 0 Å². The Morgan fingerprint density at radius 2 is 2.21 bits per heavy atom. The number of aromatic nitrogens is 2. The zero-order valence-corrected chi connectivity index (χ0v) is 12.9. The topological polar surface area (TPSA) is 39.1 Å². The van der Waals surface area contributed by atoms with Crippen molar-refractivity contribution in [2.24, 2.45) is 5.92 Å². The van der Waals surface area contributed by atoms with Crippen LogP contribution in [0.15, 0.2) is 35.1 Å². The van der Waals surface area contributed by atoms with Crippen molar-refractivity contribution < 1.29 is 4.74 Å². The summed E-state index contributed by atoms with van der Waals surface area (Å²) in [7, 11) is 1.66. The van der Waals surface area contributed by atoms with E-state index in [2.05, 4.69) is 40.1 Å². The lowest BCUT2D eigenvalue weighted by Gasteiger charge is -2.12. The molecule has 0 unspecified atom stereocenters. The normalized spacial score (nSPS) is 10.8. The number of anilines is 1. The summed E-state index contributed by atoms with van der Waals surface area (Å²) in [6, 6.07) is 5.97. The molecule has 2 rings (SSSR count). The average molecular weight is 324 g/mol. The molecule has 1 heterocycles.